The van der Waals surface area contributed by atoms with Crippen molar-refractivity contribution in [1.82, 2.24) is 20.6 Å². The number of methoxy groups -OCH3 is 1. The van der Waals surface area contributed by atoms with Crippen molar-refractivity contribution >= 4 is 11.8 Å². The first-order valence-corrected chi connectivity index (χ1v) is 20.1. The fraction of sp³-hybridized carbons (Fsp3) is 0.674. The second-order valence-corrected chi connectivity index (χ2v) is 17.5. The maximum atomic E-state index is 14.2. The number of rotatable bonds is 14. The maximum absolute atomic E-state index is 14.2. The third kappa shape index (κ3) is 8.47. The molecule has 4 aliphatic carbocycles. The predicted molar refractivity (Wildman–Crippen MR) is 207 cm³/mol. The molecule has 2 amide bonds. The van der Waals surface area contributed by atoms with Gasteiger partial charge in [-0.25, -0.2) is 0 Å². The summed E-state index contributed by atoms with van der Waals surface area (Å²) in [6, 6.07) is 12.8. The Morgan fingerprint density at radius 2 is 1.83 bits per heavy atom. The molecule has 5 fully saturated rings. The molecule has 10 heteroatoms. The third-order valence-electron chi connectivity index (χ3n) is 13.4. The largest absolute Gasteiger partial charge is 0.496 e. The molecule has 2 bridgehead atoms. The molecular formula is C43H64N4O6. The van der Waals surface area contributed by atoms with Crippen LogP contribution in [0.1, 0.15) is 95.0 Å². The van der Waals surface area contributed by atoms with Crippen LogP contribution >= 0.6 is 0 Å². The van der Waals surface area contributed by atoms with Crippen molar-refractivity contribution in [1.29, 1.82) is 0 Å². The maximum Gasteiger partial charge on any atom is 0.251 e. The zero-order valence-corrected chi connectivity index (χ0v) is 33.0. The van der Waals surface area contributed by atoms with Crippen LogP contribution < -0.4 is 15.4 Å². The van der Waals surface area contributed by atoms with E-state index < -0.39 is 24.2 Å². The number of ether oxygens (including phenoxy) is 1. The lowest BCUT2D eigenvalue weighted by molar-refractivity contribution is -0.183. The Bertz CT molecular complexity index is 1570. The molecular weight excluding hydrogens is 668 g/mol. The fourth-order valence-electron chi connectivity index (χ4n) is 10.4. The Hall–Kier alpha value is -3.02. The van der Waals surface area contributed by atoms with E-state index in [2.05, 4.69) is 50.4 Å². The Balaban J connectivity index is 1.21. The average molecular weight is 733 g/mol. The molecule has 0 unspecified atom stereocenters. The molecule has 4 saturated carbocycles. The number of aliphatic hydroxyl groups excluding tert-OH is 2. The van der Waals surface area contributed by atoms with E-state index in [0.29, 0.717) is 40.4 Å². The molecule has 5 aliphatic rings. The van der Waals surface area contributed by atoms with Gasteiger partial charge < -0.3 is 30.5 Å². The van der Waals surface area contributed by atoms with Crippen LogP contribution in [0.2, 0.25) is 0 Å². The van der Waals surface area contributed by atoms with E-state index in [0.717, 1.165) is 36.1 Å². The van der Waals surface area contributed by atoms with Gasteiger partial charge >= 0.3 is 0 Å². The Kier molecular flexibility index (Phi) is 12.6. The van der Waals surface area contributed by atoms with Gasteiger partial charge in [0.1, 0.15) is 17.9 Å². The number of fused-ring (bicyclic) bond motifs is 2. The highest BCUT2D eigenvalue weighted by Crippen LogP contribution is 2.61. The number of carbonyl (C=O) groups excluding carboxylic acids is 2. The molecule has 0 radical (unpaired) electrons. The molecule has 7 rings (SSSR count). The summed E-state index contributed by atoms with van der Waals surface area (Å²) in [5.41, 5.74) is 3.32. The molecule has 0 spiro atoms. The molecule has 1 saturated heterocycles. The Morgan fingerprint density at radius 3 is 2.47 bits per heavy atom. The summed E-state index contributed by atoms with van der Waals surface area (Å²) >= 11 is 0. The topological polar surface area (TPSA) is 124 Å². The Labute approximate surface area is 316 Å². The molecule has 53 heavy (non-hydrogen) atoms. The number of nitrogens with one attached hydrogen (secondary N) is 2. The first kappa shape index (κ1) is 39.7. The SMILES string of the molecule is COc1c(CN2O[C@@H](CO)[C@@H]([C@H](C)O)[C@H]2C(=O)N[C@H]2C[C@@H]3C[C@@H]([C@@H]2C)C3(C)C)cccc1-c1cccc(C(=O)N[C@H](CC2CCCCC2)CN(C)C)c1. The number of aliphatic hydroxyl groups is 2. The highest BCUT2D eigenvalue weighted by Gasteiger charge is 2.57. The molecule has 1 aliphatic heterocycles. The number of likely N-dealkylation sites (N-methyl/N-ethyl adjacent to an activating group) is 1. The van der Waals surface area contributed by atoms with Gasteiger partial charge in [-0.3, -0.25) is 14.4 Å². The number of benzene rings is 2. The number of hydrogen-bond donors (Lipinski definition) is 4. The summed E-state index contributed by atoms with van der Waals surface area (Å²) in [6.07, 6.45) is 7.85. The second kappa shape index (κ2) is 16.8. The van der Waals surface area contributed by atoms with E-state index in [-0.39, 0.29) is 37.0 Å². The molecule has 0 aromatic heterocycles. The van der Waals surface area contributed by atoms with Crippen LogP contribution in [0.15, 0.2) is 42.5 Å². The van der Waals surface area contributed by atoms with Crippen molar-refractivity contribution in [2.45, 2.75) is 116 Å². The zero-order chi connectivity index (χ0) is 38.0. The molecule has 10 nitrogen and oxygen atoms in total. The highest BCUT2D eigenvalue weighted by atomic mass is 16.7. The lowest BCUT2D eigenvalue weighted by Gasteiger charge is -2.62. The van der Waals surface area contributed by atoms with Gasteiger partial charge in [-0.05, 0) is 87.1 Å². The van der Waals surface area contributed by atoms with E-state index in [1.807, 2.05) is 42.5 Å². The van der Waals surface area contributed by atoms with Gasteiger partial charge in [0.05, 0.1) is 26.4 Å². The molecule has 9 atom stereocenters. The summed E-state index contributed by atoms with van der Waals surface area (Å²) in [5.74, 6) is 1.86. The lowest BCUT2D eigenvalue weighted by atomic mass is 9.45. The fourth-order valence-corrected chi connectivity index (χ4v) is 10.4. The predicted octanol–water partition coefficient (Wildman–Crippen LogP) is 5.65. The van der Waals surface area contributed by atoms with Crippen LogP contribution in [-0.4, -0.2) is 96.7 Å². The van der Waals surface area contributed by atoms with Crippen molar-refractivity contribution < 1.29 is 29.4 Å². The zero-order valence-electron chi connectivity index (χ0n) is 33.0. The monoisotopic (exact) mass is 732 g/mol. The van der Waals surface area contributed by atoms with Crippen LogP contribution in [0, 0.1) is 35.0 Å². The first-order chi connectivity index (χ1) is 25.3. The minimum absolute atomic E-state index is 0.0525. The van der Waals surface area contributed by atoms with Gasteiger partial charge in [0, 0.05) is 41.2 Å². The van der Waals surface area contributed by atoms with E-state index >= 15 is 0 Å². The van der Waals surface area contributed by atoms with E-state index in [4.69, 9.17) is 9.57 Å². The van der Waals surface area contributed by atoms with Crippen molar-refractivity contribution in [3.05, 3.63) is 53.6 Å². The summed E-state index contributed by atoms with van der Waals surface area (Å²) < 4.78 is 6.04. The van der Waals surface area contributed by atoms with Crippen LogP contribution in [0.5, 0.6) is 5.75 Å². The quantitative estimate of drug-likeness (QED) is 0.197. The number of hydroxylamine groups is 2. The van der Waals surface area contributed by atoms with Crippen molar-refractivity contribution in [3.8, 4) is 16.9 Å². The van der Waals surface area contributed by atoms with Gasteiger partial charge in [-0.2, -0.15) is 5.06 Å². The van der Waals surface area contributed by atoms with Crippen LogP contribution in [0.4, 0.5) is 0 Å². The average Bonchev–Trinajstić information content (AvgIpc) is 3.51. The van der Waals surface area contributed by atoms with Crippen molar-refractivity contribution in [2.24, 2.45) is 35.0 Å². The van der Waals surface area contributed by atoms with Gasteiger partial charge in [0.2, 0.25) is 5.91 Å². The smallest absolute Gasteiger partial charge is 0.251 e. The van der Waals surface area contributed by atoms with Crippen LogP contribution in [0.3, 0.4) is 0 Å². The van der Waals surface area contributed by atoms with E-state index in [1.165, 1.54) is 38.5 Å². The van der Waals surface area contributed by atoms with Gasteiger partial charge in [-0.15, -0.1) is 0 Å². The van der Waals surface area contributed by atoms with Crippen LogP contribution in [-0.2, 0) is 16.2 Å². The minimum Gasteiger partial charge on any atom is -0.496 e. The van der Waals surface area contributed by atoms with Crippen molar-refractivity contribution in [2.75, 3.05) is 34.4 Å². The number of nitrogens with zero attached hydrogens (tertiary/aromatic N) is 2. The number of amides is 2. The lowest BCUT2D eigenvalue weighted by Crippen LogP contribution is -2.62. The standard InChI is InChI=1S/C43H64N4O6/c1-26-35-21-32(43(35,3)4)22-36(26)45-42(51)39-38(27(2)49)37(25-48)53-47(39)23-31-17-12-18-34(40(31)52-7)29-15-11-16-30(20-29)41(50)44-33(24-46(5)6)19-28-13-9-8-10-14-28/h11-12,15-18,20,26-28,32-33,35-39,48-49H,8-10,13-14,19,21-25H2,1-7H3,(H,44,50)(H,45,51)/t26-,27-,32-,33+,35-,36-,37-,38+,39-/m0/s1. The molecule has 4 N–H and O–H groups in total. The van der Waals surface area contributed by atoms with Gasteiger partial charge in [-0.1, -0.05) is 83.2 Å². The normalized spacial score (nSPS) is 29.7. The number of para-hydroxylation sites is 1. The van der Waals surface area contributed by atoms with Gasteiger partial charge in [0.15, 0.2) is 0 Å². The van der Waals surface area contributed by atoms with E-state index in [9.17, 15) is 19.8 Å². The number of hydrogen-bond acceptors (Lipinski definition) is 8. The van der Waals surface area contributed by atoms with Crippen LogP contribution in [0.25, 0.3) is 11.1 Å². The Morgan fingerprint density at radius 1 is 1.09 bits per heavy atom. The van der Waals surface area contributed by atoms with Gasteiger partial charge in [0.25, 0.3) is 5.91 Å². The second-order valence-electron chi connectivity index (χ2n) is 17.5. The van der Waals surface area contributed by atoms with E-state index in [1.54, 1.807) is 19.1 Å². The minimum atomic E-state index is -0.883. The molecule has 292 valence electrons. The highest BCUT2D eigenvalue weighted by molar-refractivity contribution is 5.96. The summed E-state index contributed by atoms with van der Waals surface area (Å²) in [6.45, 7) is 9.25. The number of carbonyl (C=O) groups is 2. The first-order valence-electron chi connectivity index (χ1n) is 20.1. The molecule has 2 aromatic rings. The summed E-state index contributed by atoms with van der Waals surface area (Å²) in [5, 5.41) is 29.6. The summed E-state index contributed by atoms with van der Waals surface area (Å²) in [7, 11) is 5.73. The van der Waals surface area contributed by atoms with Crippen molar-refractivity contribution in [3.63, 3.8) is 0 Å². The summed E-state index contributed by atoms with van der Waals surface area (Å²) in [4.78, 5) is 36.3. The third-order valence-corrected chi connectivity index (χ3v) is 13.4. The molecule has 1 heterocycles. The molecule has 2 aromatic carbocycles.